The number of nitrogens with zero attached hydrogens (tertiary/aromatic N) is 1. The second kappa shape index (κ2) is 4.92. The van der Waals surface area contributed by atoms with E-state index in [9.17, 15) is 16.8 Å². The van der Waals surface area contributed by atoms with Gasteiger partial charge in [-0.3, -0.25) is 0 Å². The second-order valence-corrected chi connectivity index (χ2v) is 9.77. The second-order valence-electron chi connectivity index (χ2n) is 4.13. The molecule has 1 saturated heterocycles. The minimum Gasteiger partial charge on any atom is -0.229 e. The van der Waals surface area contributed by atoms with E-state index in [0.717, 1.165) is 11.3 Å². The average molecular weight is 309 g/mol. The first kappa shape index (κ1) is 14.0. The van der Waals surface area contributed by atoms with Gasteiger partial charge in [0, 0.05) is 18.0 Å². The quantitative estimate of drug-likeness (QED) is 0.825. The molecule has 2 heterocycles. The molecule has 1 aliphatic heterocycles. The van der Waals surface area contributed by atoms with Crippen molar-refractivity contribution in [3.05, 3.63) is 17.0 Å². The highest BCUT2D eigenvalue weighted by Crippen LogP contribution is 2.26. The van der Waals surface area contributed by atoms with Crippen molar-refractivity contribution in [1.82, 2.24) is 4.31 Å². The Kier molecular flexibility index (Phi) is 3.82. The molecule has 0 N–H and O–H groups in total. The van der Waals surface area contributed by atoms with Gasteiger partial charge in [0.05, 0.1) is 11.5 Å². The highest BCUT2D eigenvalue weighted by atomic mass is 32.2. The van der Waals surface area contributed by atoms with Gasteiger partial charge >= 0.3 is 0 Å². The van der Waals surface area contributed by atoms with E-state index < -0.39 is 19.9 Å². The molecule has 0 amide bonds. The van der Waals surface area contributed by atoms with E-state index in [1.807, 2.05) is 6.92 Å². The van der Waals surface area contributed by atoms with E-state index >= 15 is 0 Å². The molecule has 0 spiro atoms. The first-order chi connectivity index (χ1) is 8.35. The Labute approximate surface area is 111 Å². The van der Waals surface area contributed by atoms with Crippen LogP contribution in [-0.4, -0.2) is 45.7 Å². The summed E-state index contributed by atoms with van der Waals surface area (Å²) in [5.41, 5.74) is 0. The van der Waals surface area contributed by atoms with Crippen molar-refractivity contribution in [3.63, 3.8) is 0 Å². The molecule has 0 bridgehead atoms. The Hall–Kier alpha value is -0.440. The largest absolute Gasteiger partial charge is 0.252 e. The van der Waals surface area contributed by atoms with Crippen LogP contribution < -0.4 is 0 Å². The monoisotopic (exact) mass is 309 g/mol. The summed E-state index contributed by atoms with van der Waals surface area (Å²) in [6.07, 6.45) is 0.800. The third-order valence-corrected chi connectivity index (χ3v) is 8.09. The van der Waals surface area contributed by atoms with Gasteiger partial charge in [-0.25, -0.2) is 16.8 Å². The zero-order valence-electron chi connectivity index (χ0n) is 10.00. The molecule has 0 atom stereocenters. The molecule has 1 aliphatic rings. The molecule has 2 rings (SSSR count). The highest BCUT2D eigenvalue weighted by Gasteiger charge is 2.31. The number of rotatable bonds is 3. The predicted octanol–water partition coefficient (Wildman–Crippen LogP) is 0.730. The first-order valence-electron chi connectivity index (χ1n) is 5.64. The summed E-state index contributed by atoms with van der Waals surface area (Å²) in [6, 6.07) is 3.40. The molecule has 1 aromatic rings. The lowest BCUT2D eigenvalue weighted by molar-refractivity contribution is 0.432. The fourth-order valence-electron chi connectivity index (χ4n) is 1.75. The molecule has 0 aliphatic carbocycles. The van der Waals surface area contributed by atoms with E-state index in [0.29, 0.717) is 4.21 Å². The van der Waals surface area contributed by atoms with Crippen molar-refractivity contribution in [3.8, 4) is 0 Å². The van der Waals surface area contributed by atoms with Crippen molar-refractivity contribution >= 4 is 31.2 Å². The molecule has 102 valence electrons. The normalized spacial score (nSPS) is 20.9. The van der Waals surface area contributed by atoms with Crippen LogP contribution in [0.15, 0.2) is 16.3 Å². The molecular weight excluding hydrogens is 294 g/mol. The van der Waals surface area contributed by atoms with E-state index in [2.05, 4.69) is 0 Å². The van der Waals surface area contributed by atoms with Crippen LogP contribution in [0, 0.1) is 0 Å². The third-order valence-electron chi connectivity index (χ3n) is 2.88. The van der Waals surface area contributed by atoms with Crippen LogP contribution in [0.4, 0.5) is 0 Å². The smallest absolute Gasteiger partial charge is 0.229 e. The van der Waals surface area contributed by atoms with Crippen molar-refractivity contribution in [2.24, 2.45) is 0 Å². The van der Waals surface area contributed by atoms with Crippen LogP contribution in [0.3, 0.4) is 0 Å². The highest BCUT2D eigenvalue weighted by molar-refractivity contribution is 7.92. The summed E-state index contributed by atoms with van der Waals surface area (Å²) in [5.74, 6) is -0.170. The Morgan fingerprint density at radius 3 is 2.39 bits per heavy atom. The standard InChI is InChI=1S/C10H15NO4S3/c1-2-9-3-4-10(16-9)18(14,15)11-5-7-17(12,13)8-6-11/h3-4H,2,5-8H2,1H3. The van der Waals surface area contributed by atoms with Crippen LogP contribution in [-0.2, 0) is 26.3 Å². The summed E-state index contributed by atoms with van der Waals surface area (Å²) >= 11 is 1.25. The lowest BCUT2D eigenvalue weighted by Crippen LogP contribution is -2.43. The minimum atomic E-state index is -3.51. The van der Waals surface area contributed by atoms with E-state index in [1.54, 1.807) is 12.1 Å². The molecule has 1 aromatic heterocycles. The molecule has 0 unspecified atom stereocenters. The number of aryl methyl sites for hydroxylation is 1. The number of hydrogen-bond acceptors (Lipinski definition) is 5. The van der Waals surface area contributed by atoms with Gasteiger partial charge < -0.3 is 0 Å². The lowest BCUT2D eigenvalue weighted by atomic mass is 10.4. The third kappa shape index (κ3) is 2.76. The zero-order valence-corrected chi connectivity index (χ0v) is 12.4. The van der Waals surface area contributed by atoms with Crippen molar-refractivity contribution in [2.45, 2.75) is 17.6 Å². The van der Waals surface area contributed by atoms with Crippen molar-refractivity contribution < 1.29 is 16.8 Å². The van der Waals surface area contributed by atoms with E-state index in [-0.39, 0.29) is 24.6 Å². The summed E-state index contributed by atoms with van der Waals surface area (Å²) < 4.78 is 48.7. The average Bonchev–Trinajstić information content (AvgIpc) is 2.77. The Bertz CT molecular complexity index is 616. The van der Waals surface area contributed by atoms with E-state index in [4.69, 9.17) is 0 Å². The summed E-state index contributed by atoms with van der Waals surface area (Å²) in [7, 11) is -6.57. The zero-order chi connectivity index (χ0) is 13.4. The molecule has 1 fully saturated rings. The summed E-state index contributed by atoms with van der Waals surface area (Å²) in [6.45, 7) is 2.09. The number of sulfonamides is 1. The maximum atomic E-state index is 12.3. The molecule has 5 nitrogen and oxygen atoms in total. The molecular formula is C10H15NO4S3. The fourth-order valence-corrected chi connectivity index (χ4v) is 6.07. The summed E-state index contributed by atoms with van der Waals surface area (Å²) in [5, 5.41) is 0. The van der Waals surface area contributed by atoms with Gasteiger partial charge in [-0.2, -0.15) is 4.31 Å². The molecule has 0 radical (unpaired) electrons. The molecule has 0 saturated carbocycles. The summed E-state index contributed by atoms with van der Waals surface area (Å²) in [4.78, 5) is 1.01. The maximum Gasteiger partial charge on any atom is 0.252 e. The molecule has 18 heavy (non-hydrogen) atoms. The van der Waals surface area contributed by atoms with Crippen molar-refractivity contribution in [1.29, 1.82) is 0 Å². The van der Waals surface area contributed by atoms with Crippen LogP contribution in [0.5, 0.6) is 0 Å². The maximum absolute atomic E-state index is 12.3. The first-order valence-corrected chi connectivity index (χ1v) is 9.72. The van der Waals surface area contributed by atoms with Crippen LogP contribution >= 0.6 is 11.3 Å². The number of thiophene rings is 1. The van der Waals surface area contributed by atoms with Gasteiger partial charge in [-0.15, -0.1) is 11.3 Å². The van der Waals surface area contributed by atoms with Crippen LogP contribution in [0.1, 0.15) is 11.8 Å². The van der Waals surface area contributed by atoms with Gasteiger partial charge in [0.1, 0.15) is 4.21 Å². The van der Waals surface area contributed by atoms with Gasteiger partial charge in [0.15, 0.2) is 9.84 Å². The predicted molar refractivity (Wildman–Crippen MR) is 71.1 cm³/mol. The Balaban J connectivity index is 2.22. The SMILES string of the molecule is CCc1ccc(S(=O)(=O)N2CCS(=O)(=O)CC2)s1. The van der Waals surface area contributed by atoms with Crippen LogP contribution in [0.2, 0.25) is 0 Å². The van der Waals surface area contributed by atoms with Gasteiger partial charge in [-0.05, 0) is 18.6 Å². The van der Waals surface area contributed by atoms with Crippen molar-refractivity contribution in [2.75, 3.05) is 24.6 Å². The molecule has 0 aromatic carbocycles. The number of hydrogen-bond donors (Lipinski definition) is 0. The van der Waals surface area contributed by atoms with E-state index in [1.165, 1.54) is 15.6 Å². The van der Waals surface area contributed by atoms with Gasteiger partial charge in [0.2, 0.25) is 0 Å². The van der Waals surface area contributed by atoms with Gasteiger partial charge in [-0.1, -0.05) is 6.92 Å². The van der Waals surface area contributed by atoms with Gasteiger partial charge in [0.25, 0.3) is 10.0 Å². The molecule has 8 heteroatoms. The Morgan fingerprint density at radius 2 is 1.89 bits per heavy atom. The fraction of sp³-hybridized carbons (Fsp3) is 0.600. The van der Waals surface area contributed by atoms with Crippen LogP contribution in [0.25, 0.3) is 0 Å². The lowest BCUT2D eigenvalue weighted by Gasteiger charge is -2.25. The Morgan fingerprint density at radius 1 is 1.28 bits per heavy atom. The minimum absolute atomic E-state index is 0.0595. The number of sulfone groups is 1. The topological polar surface area (TPSA) is 71.5 Å².